The van der Waals surface area contributed by atoms with E-state index < -0.39 is 0 Å². The van der Waals surface area contributed by atoms with Gasteiger partial charge in [0.05, 0.1) is 13.5 Å². The summed E-state index contributed by atoms with van der Waals surface area (Å²) < 4.78 is 6.43. The summed E-state index contributed by atoms with van der Waals surface area (Å²) in [6.45, 7) is 4.47. The second-order valence-electron chi connectivity index (χ2n) is 4.89. The van der Waals surface area contributed by atoms with E-state index in [0.717, 1.165) is 6.42 Å². The molecule has 0 saturated carbocycles. The second kappa shape index (κ2) is 7.61. The molecule has 0 saturated heterocycles. The molecule has 0 aliphatic rings. The minimum atomic E-state index is -0.318. The van der Waals surface area contributed by atoms with Gasteiger partial charge in [-0.3, -0.25) is 9.59 Å². The highest BCUT2D eigenvalue weighted by Crippen LogP contribution is 2.17. The average molecular weight is 266 g/mol. The minimum Gasteiger partial charge on any atom is -0.469 e. The van der Waals surface area contributed by atoms with Crippen LogP contribution in [0.1, 0.15) is 32.7 Å². The zero-order valence-corrected chi connectivity index (χ0v) is 11.8. The van der Waals surface area contributed by atoms with Crippen molar-refractivity contribution in [2.75, 3.05) is 13.7 Å². The molecule has 5 nitrogen and oxygen atoms in total. The van der Waals surface area contributed by atoms with Gasteiger partial charge in [0.2, 0.25) is 5.91 Å². The summed E-state index contributed by atoms with van der Waals surface area (Å²) in [4.78, 5) is 23.2. The third kappa shape index (κ3) is 5.16. The number of nitrogens with zero attached hydrogens (tertiary/aromatic N) is 1. The Morgan fingerprint density at radius 1 is 1.26 bits per heavy atom. The Kier molecular flexibility index (Phi) is 6.12. The highest BCUT2D eigenvalue weighted by atomic mass is 16.5. The average Bonchev–Trinajstić information content (AvgIpc) is 2.88. The molecule has 0 aliphatic heterocycles. The van der Waals surface area contributed by atoms with E-state index in [-0.39, 0.29) is 24.3 Å². The van der Waals surface area contributed by atoms with Crippen LogP contribution >= 0.6 is 0 Å². The molecular weight excluding hydrogens is 244 g/mol. The van der Waals surface area contributed by atoms with E-state index in [2.05, 4.69) is 23.9 Å². The molecule has 5 heteroatoms. The van der Waals surface area contributed by atoms with Gasteiger partial charge in [-0.1, -0.05) is 13.8 Å². The van der Waals surface area contributed by atoms with Crippen LogP contribution in [-0.2, 0) is 14.3 Å². The van der Waals surface area contributed by atoms with Gasteiger partial charge >= 0.3 is 5.97 Å². The first kappa shape index (κ1) is 15.3. The van der Waals surface area contributed by atoms with Crippen molar-refractivity contribution in [2.24, 2.45) is 5.92 Å². The fourth-order valence-electron chi connectivity index (χ4n) is 1.87. The number of carbonyl (C=O) groups excluding carboxylic acids is 2. The van der Waals surface area contributed by atoms with E-state index in [4.69, 9.17) is 0 Å². The van der Waals surface area contributed by atoms with Crippen LogP contribution in [0.25, 0.3) is 0 Å². The zero-order chi connectivity index (χ0) is 14.3. The lowest BCUT2D eigenvalue weighted by Gasteiger charge is -2.20. The Hall–Kier alpha value is -1.78. The summed E-state index contributed by atoms with van der Waals surface area (Å²) in [5.41, 5.74) is 0. The molecule has 0 unspecified atom stereocenters. The van der Waals surface area contributed by atoms with Crippen LogP contribution in [0.5, 0.6) is 0 Å². The number of nitrogens with one attached hydrogen (secondary N) is 1. The molecule has 1 heterocycles. The van der Waals surface area contributed by atoms with E-state index in [0.29, 0.717) is 12.5 Å². The van der Waals surface area contributed by atoms with Crippen molar-refractivity contribution < 1.29 is 14.3 Å². The molecule has 1 atom stereocenters. The smallest absolute Gasteiger partial charge is 0.307 e. The Morgan fingerprint density at radius 2 is 1.89 bits per heavy atom. The van der Waals surface area contributed by atoms with Crippen molar-refractivity contribution in [3.05, 3.63) is 24.5 Å². The number of aromatic nitrogens is 1. The van der Waals surface area contributed by atoms with Crippen LogP contribution in [0.4, 0.5) is 0 Å². The van der Waals surface area contributed by atoms with Crippen molar-refractivity contribution in [1.29, 1.82) is 0 Å². The van der Waals surface area contributed by atoms with Gasteiger partial charge in [0, 0.05) is 18.9 Å². The summed E-state index contributed by atoms with van der Waals surface area (Å²) in [7, 11) is 1.34. The summed E-state index contributed by atoms with van der Waals surface area (Å²) in [6.07, 6.45) is 4.72. The maximum atomic E-state index is 12.2. The van der Waals surface area contributed by atoms with Crippen molar-refractivity contribution in [3.63, 3.8) is 0 Å². The summed E-state index contributed by atoms with van der Waals surface area (Å²) >= 11 is 0. The number of amides is 1. The number of hydrogen-bond donors (Lipinski definition) is 1. The summed E-state index contributed by atoms with van der Waals surface area (Å²) in [5.74, 6) is 0.0363. The van der Waals surface area contributed by atoms with Gasteiger partial charge in [-0.2, -0.15) is 0 Å². The first-order chi connectivity index (χ1) is 9.04. The maximum Gasteiger partial charge on any atom is 0.307 e. The molecule has 0 radical (unpaired) electrons. The molecule has 1 amide bonds. The minimum absolute atomic E-state index is 0.0613. The number of esters is 1. The van der Waals surface area contributed by atoms with Gasteiger partial charge in [0.15, 0.2) is 0 Å². The SMILES string of the molecule is COC(=O)CCNC(=O)[C@H](CC(C)C)n1cccc1. The lowest BCUT2D eigenvalue weighted by molar-refractivity contribution is -0.140. The van der Waals surface area contributed by atoms with E-state index in [1.165, 1.54) is 7.11 Å². The molecular formula is C14H22N2O3. The van der Waals surface area contributed by atoms with Crippen LogP contribution < -0.4 is 5.32 Å². The lowest BCUT2D eigenvalue weighted by Crippen LogP contribution is -2.34. The highest BCUT2D eigenvalue weighted by Gasteiger charge is 2.20. The fraction of sp³-hybridized carbons (Fsp3) is 0.571. The van der Waals surface area contributed by atoms with Gasteiger partial charge in [-0.25, -0.2) is 0 Å². The predicted octanol–water partition coefficient (Wildman–Crippen LogP) is 1.75. The molecule has 0 bridgehead atoms. The fourth-order valence-corrected chi connectivity index (χ4v) is 1.87. The van der Waals surface area contributed by atoms with Gasteiger partial charge < -0.3 is 14.6 Å². The second-order valence-corrected chi connectivity index (χ2v) is 4.89. The normalized spacial score (nSPS) is 12.2. The van der Waals surface area contributed by atoms with Crippen molar-refractivity contribution in [1.82, 2.24) is 9.88 Å². The maximum absolute atomic E-state index is 12.2. The van der Waals surface area contributed by atoms with Crippen LogP contribution in [-0.4, -0.2) is 30.1 Å². The highest BCUT2D eigenvalue weighted by molar-refractivity contribution is 5.81. The number of rotatable bonds is 7. The quantitative estimate of drug-likeness (QED) is 0.765. The third-order valence-corrected chi connectivity index (χ3v) is 2.84. The standard InChI is InChI=1S/C14H22N2O3/c1-11(2)10-12(16-8-4-5-9-16)14(18)15-7-6-13(17)19-3/h4-5,8-9,11-12H,6-7,10H2,1-3H3,(H,15,18)/t12-/m0/s1. The van der Waals surface area contributed by atoms with Gasteiger partial charge in [-0.15, -0.1) is 0 Å². The molecule has 106 valence electrons. The van der Waals surface area contributed by atoms with Gasteiger partial charge in [-0.05, 0) is 24.5 Å². The van der Waals surface area contributed by atoms with Gasteiger partial charge in [0.1, 0.15) is 6.04 Å². The number of methoxy groups -OCH3 is 1. The molecule has 1 aromatic heterocycles. The number of hydrogen-bond acceptors (Lipinski definition) is 3. The Labute approximate surface area is 113 Å². The molecule has 0 aliphatic carbocycles. The molecule has 0 fully saturated rings. The first-order valence-corrected chi connectivity index (χ1v) is 6.51. The molecule has 1 aromatic rings. The first-order valence-electron chi connectivity index (χ1n) is 6.51. The van der Waals surface area contributed by atoms with Crippen molar-refractivity contribution in [2.45, 2.75) is 32.7 Å². The monoisotopic (exact) mass is 266 g/mol. The number of carbonyl (C=O) groups is 2. The van der Waals surface area contributed by atoms with E-state index in [1.807, 2.05) is 29.1 Å². The van der Waals surface area contributed by atoms with Crippen LogP contribution in [0, 0.1) is 5.92 Å². The van der Waals surface area contributed by atoms with Gasteiger partial charge in [0.25, 0.3) is 0 Å². The van der Waals surface area contributed by atoms with E-state index in [1.54, 1.807) is 0 Å². The molecule has 1 rings (SSSR count). The van der Waals surface area contributed by atoms with Crippen LogP contribution in [0.2, 0.25) is 0 Å². The Bertz CT molecular complexity index is 399. The van der Waals surface area contributed by atoms with E-state index in [9.17, 15) is 9.59 Å². The summed E-state index contributed by atoms with van der Waals surface area (Å²) in [5, 5.41) is 2.78. The topological polar surface area (TPSA) is 60.3 Å². The lowest BCUT2D eigenvalue weighted by atomic mass is 10.0. The molecule has 0 spiro atoms. The Balaban J connectivity index is 2.55. The Morgan fingerprint density at radius 3 is 2.42 bits per heavy atom. The largest absolute Gasteiger partial charge is 0.469 e. The molecule has 0 aromatic carbocycles. The predicted molar refractivity (Wildman–Crippen MR) is 72.6 cm³/mol. The number of ether oxygens (including phenoxy) is 1. The molecule has 19 heavy (non-hydrogen) atoms. The third-order valence-electron chi connectivity index (χ3n) is 2.84. The van der Waals surface area contributed by atoms with Crippen molar-refractivity contribution in [3.8, 4) is 0 Å². The zero-order valence-electron chi connectivity index (χ0n) is 11.8. The van der Waals surface area contributed by atoms with E-state index >= 15 is 0 Å². The summed E-state index contributed by atoms with van der Waals surface area (Å²) in [6, 6.07) is 3.57. The van der Waals surface area contributed by atoms with Crippen LogP contribution in [0.3, 0.4) is 0 Å². The van der Waals surface area contributed by atoms with Crippen LogP contribution in [0.15, 0.2) is 24.5 Å². The van der Waals surface area contributed by atoms with Crippen molar-refractivity contribution >= 4 is 11.9 Å². The molecule has 1 N–H and O–H groups in total.